The summed E-state index contributed by atoms with van der Waals surface area (Å²) < 4.78 is -1.12. The Morgan fingerprint density at radius 3 is 1.96 bits per heavy atom. The number of rotatable bonds is 31. The van der Waals surface area contributed by atoms with Gasteiger partial charge in [0.15, 0.2) is 5.96 Å². The van der Waals surface area contributed by atoms with Gasteiger partial charge in [-0.3, -0.25) is 53.0 Å². The van der Waals surface area contributed by atoms with Crippen molar-refractivity contribution in [2.24, 2.45) is 22.2 Å². The molecule has 16 N–H and O–H groups in total. The maximum atomic E-state index is 14.7. The van der Waals surface area contributed by atoms with E-state index in [2.05, 4.69) is 87.7 Å². The maximum Gasteiger partial charge on any atom is 0.325 e. The van der Waals surface area contributed by atoms with E-state index in [-0.39, 0.29) is 50.4 Å². The Morgan fingerprint density at radius 1 is 0.738 bits per heavy atom. The molecule has 0 spiro atoms. The van der Waals surface area contributed by atoms with Crippen LogP contribution in [-0.4, -0.2) is 157 Å². The Bertz CT molecular complexity index is 2860. The summed E-state index contributed by atoms with van der Waals surface area (Å²) in [5.74, 6) is -7.73. The van der Waals surface area contributed by atoms with Crippen LogP contribution >= 0.6 is 25.3 Å². The molecule has 0 saturated carbocycles. The van der Waals surface area contributed by atoms with Gasteiger partial charge in [-0.15, -0.1) is 0 Å². The molecule has 26 nitrogen and oxygen atoms in total. The minimum atomic E-state index is -1.42. The zero-order valence-electron chi connectivity index (χ0n) is 44.9. The van der Waals surface area contributed by atoms with Gasteiger partial charge in [0.05, 0.1) is 6.33 Å². The topological polar surface area (TPSA) is 405 Å². The molecule has 1 aliphatic heterocycles. The second-order valence-electron chi connectivity index (χ2n) is 19.8. The van der Waals surface area contributed by atoms with Crippen LogP contribution in [0.2, 0.25) is 0 Å². The van der Waals surface area contributed by atoms with Crippen LogP contribution in [0, 0.1) is 0 Å². The van der Waals surface area contributed by atoms with E-state index in [0.29, 0.717) is 29.7 Å². The number of nitrogens with one attached hydrogen (secondary N) is 10. The predicted octanol–water partition coefficient (Wildman–Crippen LogP) is -1.38. The molecule has 80 heavy (non-hydrogen) atoms. The molecule has 0 radical (unpaired) electrons. The van der Waals surface area contributed by atoms with Crippen molar-refractivity contribution in [1.29, 1.82) is 0 Å². The number of guanidine groups is 1. The van der Waals surface area contributed by atoms with Gasteiger partial charge in [-0.1, -0.05) is 68.3 Å². The van der Waals surface area contributed by atoms with Crippen molar-refractivity contribution < 1.29 is 47.9 Å². The van der Waals surface area contributed by atoms with Crippen molar-refractivity contribution in [2.75, 3.05) is 18.8 Å². The highest BCUT2D eigenvalue weighted by Gasteiger charge is 2.40. The van der Waals surface area contributed by atoms with E-state index < -0.39 is 119 Å². The highest BCUT2D eigenvalue weighted by Crippen LogP contribution is 2.22. The van der Waals surface area contributed by atoms with Gasteiger partial charge in [0.2, 0.25) is 47.3 Å². The lowest BCUT2D eigenvalue weighted by atomic mass is 9.99. The van der Waals surface area contributed by atoms with E-state index in [1.165, 1.54) is 19.4 Å². The minimum Gasteiger partial charge on any atom is -0.370 e. The molecule has 0 unspecified atom stereocenters. The zero-order chi connectivity index (χ0) is 58.7. The van der Waals surface area contributed by atoms with Crippen molar-refractivity contribution >= 4 is 101 Å². The van der Waals surface area contributed by atoms with Gasteiger partial charge in [0, 0.05) is 65.3 Å². The predicted molar refractivity (Wildman–Crippen MR) is 303 cm³/mol. The number of hydrogen-bond donors (Lipinski definition) is 15. The van der Waals surface area contributed by atoms with Crippen molar-refractivity contribution in [3.05, 3.63) is 90.1 Å². The number of unbranched alkanes of at least 4 members (excludes halogenated alkanes) is 1. The number of nitrogens with zero attached hydrogens (tertiary/aromatic N) is 3. The monoisotopic (exact) mass is 1140 g/mol. The van der Waals surface area contributed by atoms with Crippen LogP contribution in [0.25, 0.3) is 10.9 Å². The number of aromatic nitrogens is 3. The summed E-state index contributed by atoms with van der Waals surface area (Å²) in [5.41, 5.74) is 19.2. The molecule has 4 aromatic rings. The molecule has 0 aliphatic carbocycles. The van der Waals surface area contributed by atoms with Gasteiger partial charge in [0.25, 0.3) is 5.91 Å². The molecule has 1 saturated heterocycles. The van der Waals surface area contributed by atoms with Crippen molar-refractivity contribution in [1.82, 2.24) is 62.4 Å². The van der Waals surface area contributed by atoms with Gasteiger partial charge in [-0.2, -0.15) is 25.3 Å². The average molecular weight is 1150 g/mol. The molecule has 3 heterocycles. The molecule has 1 aliphatic rings. The smallest absolute Gasteiger partial charge is 0.325 e. The first-order valence-corrected chi connectivity index (χ1v) is 27.0. The molecule has 0 bridgehead atoms. The van der Waals surface area contributed by atoms with Gasteiger partial charge in [0.1, 0.15) is 54.9 Å². The second-order valence-corrected chi connectivity index (χ2v) is 21.3. The SMILES string of the molecule is CCCC[C@@H]1NC(=O)N(CC(=O)N[C@@H](CS)C(=O)N[C@H](C)C(=O)N[C@@H](Cc2cnc[nH]2)C(=O)N[C@H](Cc2ccccc2)C(=O)N[C@@H](CCCN=C(N)N)C(=O)N[C@@H](Cc2c[nH]c3ccccc23)C(=O)N[C@H](C(N)=O)C(C)(C)S)C1=O. The van der Waals surface area contributed by atoms with E-state index in [9.17, 15) is 47.9 Å². The fourth-order valence-electron chi connectivity index (χ4n) is 8.63. The molecule has 11 amide bonds. The first-order chi connectivity index (χ1) is 38.0. The highest BCUT2D eigenvalue weighted by molar-refractivity contribution is 7.81. The third-order valence-electron chi connectivity index (χ3n) is 13.0. The second kappa shape index (κ2) is 29.7. The number of imide groups is 1. The van der Waals surface area contributed by atoms with Crippen LogP contribution in [-0.2, 0) is 62.4 Å². The molecule has 5 rings (SSSR count). The maximum absolute atomic E-state index is 14.7. The van der Waals surface area contributed by atoms with E-state index >= 15 is 0 Å². The summed E-state index contributed by atoms with van der Waals surface area (Å²) >= 11 is 8.67. The molecule has 2 aromatic heterocycles. The summed E-state index contributed by atoms with van der Waals surface area (Å²) in [6.45, 7) is 5.81. The Hall–Kier alpha value is -8.14. The zero-order valence-corrected chi connectivity index (χ0v) is 46.7. The molecular formula is C52H72N16O10S2. The van der Waals surface area contributed by atoms with Crippen molar-refractivity contribution in [3.8, 4) is 0 Å². The Balaban J connectivity index is 1.36. The lowest BCUT2D eigenvalue weighted by Gasteiger charge is -2.30. The lowest BCUT2D eigenvalue weighted by molar-refractivity contribution is -0.135. The molecule has 8 atom stereocenters. The van der Waals surface area contributed by atoms with Crippen molar-refractivity contribution in [2.45, 2.75) is 132 Å². The number of aliphatic imine (C=N–C) groups is 1. The number of imidazole rings is 1. The lowest BCUT2D eigenvalue weighted by Crippen LogP contribution is -2.61. The van der Waals surface area contributed by atoms with Gasteiger partial charge < -0.3 is 69.7 Å². The summed E-state index contributed by atoms with van der Waals surface area (Å²) in [5, 5.41) is 21.7. The van der Waals surface area contributed by atoms with Crippen LogP contribution < -0.4 is 59.7 Å². The molecule has 2 aromatic carbocycles. The Kier molecular flexibility index (Phi) is 23.3. The highest BCUT2D eigenvalue weighted by atomic mass is 32.1. The first-order valence-electron chi connectivity index (χ1n) is 26.0. The largest absolute Gasteiger partial charge is 0.370 e. The van der Waals surface area contributed by atoms with Crippen molar-refractivity contribution in [3.63, 3.8) is 0 Å². The average Bonchev–Trinajstić information content (AvgIpc) is 4.17. The van der Waals surface area contributed by atoms with E-state index in [1.54, 1.807) is 50.4 Å². The number of H-pyrrole nitrogens is 2. The molecular weight excluding hydrogens is 1070 g/mol. The standard InChI is InChI=1S/C52H72N16O10S2/c1-5-6-16-35-49(77)68(51(78)66-35)25-40(69)61-39(26-79)48(76)60-28(2)43(71)63-38(22-31-24-56-27-59-31)46(74)64-36(20-29-13-8-7-9-14-29)45(73)62-34(18-12-19-57-50(54)55)44(72)65-37(47(75)67-41(42(53)70)52(3,4)80)21-30-23-58-33-17-11-10-15-32(30)33/h7-11,13-15,17,23-24,27-28,34-39,41,58,79-80H,5-6,12,16,18-22,25-26H2,1-4H3,(H2,53,70)(H,56,59)(H,60,76)(H,61,69)(H,62,73)(H,63,71)(H,64,74)(H,65,72)(H,66,78)(H,67,75)(H4,54,55,57)/t28-,34+,35+,36-,37+,38+,39+,41-/m1/s1. The van der Waals surface area contributed by atoms with Crippen LogP contribution in [0.15, 0.2) is 78.3 Å². The minimum absolute atomic E-state index is 0.0428. The molecule has 432 valence electrons. The number of nitrogens with two attached hydrogens (primary N) is 3. The van der Waals surface area contributed by atoms with E-state index in [4.69, 9.17) is 17.2 Å². The summed E-state index contributed by atoms with van der Waals surface area (Å²) in [6, 6.07) is 4.90. The third-order valence-corrected chi connectivity index (χ3v) is 13.6. The fraction of sp³-hybridized carbons (Fsp3) is 0.462. The molecule has 28 heteroatoms. The first kappa shape index (κ1) is 62.7. The number of primary amides is 1. The quantitative estimate of drug-likeness (QED) is 0.00910. The summed E-state index contributed by atoms with van der Waals surface area (Å²) in [7, 11) is 0. The van der Waals surface area contributed by atoms with E-state index in [0.717, 1.165) is 22.2 Å². The number of para-hydroxylation sites is 1. The van der Waals surface area contributed by atoms with Crippen LogP contribution in [0.4, 0.5) is 4.79 Å². The number of carbonyl (C=O) groups excluding carboxylic acids is 10. The number of thiol groups is 2. The van der Waals surface area contributed by atoms with Gasteiger partial charge in [-0.25, -0.2) is 9.78 Å². The van der Waals surface area contributed by atoms with Crippen LogP contribution in [0.5, 0.6) is 0 Å². The van der Waals surface area contributed by atoms with E-state index in [1.807, 2.05) is 31.2 Å². The Labute approximate surface area is 473 Å². The number of urea groups is 1. The Morgan fingerprint density at radius 2 is 1.34 bits per heavy atom. The number of hydrogen-bond acceptors (Lipinski definition) is 14. The number of aromatic amines is 2. The third kappa shape index (κ3) is 18.5. The van der Waals surface area contributed by atoms with Gasteiger partial charge >= 0.3 is 6.03 Å². The van der Waals surface area contributed by atoms with Crippen LogP contribution in [0.1, 0.15) is 76.6 Å². The summed E-state index contributed by atoms with van der Waals surface area (Å²) in [4.78, 5) is 151. The number of fused-ring (bicyclic) bond motifs is 1. The fourth-order valence-corrected chi connectivity index (χ4v) is 9.08. The summed E-state index contributed by atoms with van der Waals surface area (Å²) in [6.07, 6.45) is 6.00. The van der Waals surface area contributed by atoms with Crippen LogP contribution in [0.3, 0.4) is 0 Å². The number of carbonyl (C=O) groups is 10. The number of amides is 11. The number of benzene rings is 2. The molecule has 1 fully saturated rings. The normalized spacial score (nSPS) is 15.9. The van der Waals surface area contributed by atoms with Gasteiger partial charge in [-0.05, 0) is 57.2 Å².